The van der Waals surface area contributed by atoms with Crippen LogP contribution in [0.4, 0.5) is 17.1 Å². The molecule has 0 radical (unpaired) electrons. The summed E-state index contributed by atoms with van der Waals surface area (Å²) in [5.74, 6) is 0.247. The van der Waals surface area contributed by atoms with Gasteiger partial charge in [-0.05, 0) is 53.4 Å². The van der Waals surface area contributed by atoms with Gasteiger partial charge in [0.2, 0.25) is 0 Å². The molecule has 1 saturated heterocycles. The largest absolute Gasteiger partial charge is 0.398 e. The molecule has 0 bridgehead atoms. The molecule has 1 aliphatic rings. The highest BCUT2D eigenvalue weighted by molar-refractivity contribution is 9.10. The molecule has 0 aromatic heterocycles. The Hall–Kier alpha value is -2.01. The summed E-state index contributed by atoms with van der Waals surface area (Å²) in [6, 6.07) is 14.6. The lowest BCUT2D eigenvalue weighted by molar-refractivity contribution is -0.120. The molecule has 0 amide bonds. The van der Waals surface area contributed by atoms with Crippen LogP contribution in [-0.4, -0.2) is 32.0 Å². The average molecular weight is 444 g/mol. The average Bonchev–Trinajstić information content (AvgIpc) is 2.63. The zero-order valence-electron chi connectivity index (χ0n) is 17.0. The first kappa shape index (κ1) is 20.7. The number of carbonyl (C=O) groups is 1. The molecular weight excluding hydrogens is 414 g/mol. The summed E-state index contributed by atoms with van der Waals surface area (Å²) in [6.07, 6.45) is 0.984. The number of hydrogen-bond donors (Lipinski definition) is 1. The molecule has 3 rings (SSSR count). The molecule has 0 spiro atoms. The highest BCUT2D eigenvalue weighted by Gasteiger charge is 2.20. The van der Waals surface area contributed by atoms with Gasteiger partial charge < -0.3 is 15.5 Å². The van der Waals surface area contributed by atoms with Crippen LogP contribution in [0, 0.1) is 5.41 Å². The fraction of sp³-hybridized carbons (Fsp3) is 0.435. The Morgan fingerprint density at radius 2 is 1.50 bits per heavy atom. The third kappa shape index (κ3) is 5.51. The van der Waals surface area contributed by atoms with Gasteiger partial charge in [0.15, 0.2) is 0 Å². The van der Waals surface area contributed by atoms with Crippen LogP contribution in [0.1, 0.15) is 32.8 Å². The standard InChI is InChI=1S/C23H30BrN3O/c1-23(2,3)16-21(28)15-17-14-20(8-9-22(17)25)27-12-10-26(11-13-27)19-6-4-18(24)5-7-19/h4-9,14H,10-13,15-16,25H2,1-3H3. The van der Waals surface area contributed by atoms with E-state index < -0.39 is 0 Å². The smallest absolute Gasteiger partial charge is 0.137 e. The molecule has 0 aliphatic carbocycles. The summed E-state index contributed by atoms with van der Waals surface area (Å²) < 4.78 is 1.10. The lowest BCUT2D eigenvalue weighted by Gasteiger charge is -2.37. The number of carbonyl (C=O) groups excluding carboxylic acids is 1. The number of hydrogen-bond acceptors (Lipinski definition) is 4. The van der Waals surface area contributed by atoms with E-state index in [1.165, 1.54) is 5.69 Å². The van der Waals surface area contributed by atoms with Gasteiger partial charge in [0, 0.05) is 60.6 Å². The van der Waals surface area contributed by atoms with E-state index in [9.17, 15) is 4.79 Å². The van der Waals surface area contributed by atoms with Gasteiger partial charge in [-0.25, -0.2) is 0 Å². The van der Waals surface area contributed by atoms with Crippen LogP contribution >= 0.6 is 15.9 Å². The predicted octanol–water partition coefficient (Wildman–Crippen LogP) is 4.91. The Bertz CT molecular complexity index is 819. The fourth-order valence-corrected chi connectivity index (χ4v) is 3.95. The van der Waals surface area contributed by atoms with Crippen molar-refractivity contribution in [1.29, 1.82) is 0 Å². The zero-order chi connectivity index (χ0) is 20.3. The van der Waals surface area contributed by atoms with E-state index >= 15 is 0 Å². The highest BCUT2D eigenvalue weighted by Crippen LogP contribution is 2.27. The third-order valence-electron chi connectivity index (χ3n) is 5.08. The number of Topliss-reactive ketones (excluding diaryl/α,β-unsaturated/α-hetero) is 1. The van der Waals surface area contributed by atoms with Crippen LogP contribution in [0.15, 0.2) is 46.9 Å². The Kier molecular flexibility index (Phi) is 6.33. The van der Waals surface area contributed by atoms with Crippen molar-refractivity contribution in [2.24, 2.45) is 5.41 Å². The van der Waals surface area contributed by atoms with Crippen LogP contribution in [0.5, 0.6) is 0 Å². The molecule has 1 fully saturated rings. The van der Waals surface area contributed by atoms with Crippen LogP contribution in [0.3, 0.4) is 0 Å². The summed E-state index contributed by atoms with van der Waals surface area (Å²) in [6.45, 7) is 10.1. The third-order valence-corrected chi connectivity index (χ3v) is 5.61. The van der Waals surface area contributed by atoms with E-state index in [4.69, 9.17) is 5.73 Å². The monoisotopic (exact) mass is 443 g/mol. The van der Waals surface area contributed by atoms with Gasteiger partial charge in [0.1, 0.15) is 5.78 Å². The first-order valence-electron chi connectivity index (χ1n) is 9.87. The van der Waals surface area contributed by atoms with Crippen molar-refractivity contribution in [3.63, 3.8) is 0 Å². The van der Waals surface area contributed by atoms with Gasteiger partial charge in [-0.15, -0.1) is 0 Å². The first-order chi connectivity index (χ1) is 13.2. The summed E-state index contributed by atoms with van der Waals surface area (Å²) >= 11 is 3.49. The highest BCUT2D eigenvalue weighted by atomic mass is 79.9. The van der Waals surface area contributed by atoms with Crippen LogP contribution in [-0.2, 0) is 11.2 Å². The van der Waals surface area contributed by atoms with Gasteiger partial charge in [-0.3, -0.25) is 4.79 Å². The summed E-state index contributed by atoms with van der Waals surface area (Å²) in [5, 5.41) is 0. The summed E-state index contributed by atoms with van der Waals surface area (Å²) in [4.78, 5) is 17.2. The van der Waals surface area contributed by atoms with E-state index in [2.05, 4.69) is 82.9 Å². The number of halogens is 1. The minimum absolute atomic E-state index is 0.00676. The minimum atomic E-state index is 0.00676. The van der Waals surface area contributed by atoms with Gasteiger partial charge in [0.05, 0.1) is 0 Å². The number of nitrogen functional groups attached to an aromatic ring is 1. The van der Waals surface area contributed by atoms with Crippen molar-refractivity contribution in [3.05, 3.63) is 52.5 Å². The van der Waals surface area contributed by atoms with Gasteiger partial charge in [-0.1, -0.05) is 36.7 Å². The normalized spacial score (nSPS) is 15.0. The van der Waals surface area contributed by atoms with Gasteiger partial charge >= 0.3 is 0 Å². The quantitative estimate of drug-likeness (QED) is 0.667. The van der Waals surface area contributed by atoms with Crippen LogP contribution < -0.4 is 15.5 Å². The van der Waals surface area contributed by atoms with E-state index in [1.54, 1.807) is 0 Å². The molecule has 1 heterocycles. The molecule has 0 atom stereocenters. The number of anilines is 3. The summed E-state index contributed by atoms with van der Waals surface area (Å²) in [7, 11) is 0. The number of piperazine rings is 1. The van der Waals surface area contributed by atoms with Gasteiger partial charge in [0.25, 0.3) is 0 Å². The maximum absolute atomic E-state index is 12.4. The summed E-state index contributed by atoms with van der Waals surface area (Å²) in [5.41, 5.74) is 10.2. The molecule has 2 N–H and O–H groups in total. The second-order valence-electron chi connectivity index (χ2n) is 8.79. The number of nitrogens with two attached hydrogens (primary N) is 1. The second-order valence-corrected chi connectivity index (χ2v) is 9.70. The molecule has 2 aromatic rings. The maximum Gasteiger partial charge on any atom is 0.137 e. The second kappa shape index (κ2) is 8.56. The van der Waals surface area contributed by atoms with Crippen molar-refractivity contribution < 1.29 is 4.79 Å². The Labute approximate surface area is 176 Å². The van der Waals surface area contributed by atoms with E-state index in [0.29, 0.717) is 18.5 Å². The molecule has 1 aliphatic heterocycles. The molecule has 4 nitrogen and oxygen atoms in total. The molecular formula is C23H30BrN3O. The first-order valence-corrected chi connectivity index (χ1v) is 10.7. The van der Waals surface area contributed by atoms with Crippen LogP contribution in [0.25, 0.3) is 0 Å². The molecule has 28 heavy (non-hydrogen) atoms. The SMILES string of the molecule is CC(C)(C)CC(=O)Cc1cc(N2CCN(c3ccc(Br)cc3)CC2)ccc1N. The van der Waals surface area contributed by atoms with Crippen molar-refractivity contribution in [3.8, 4) is 0 Å². The predicted molar refractivity (Wildman–Crippen MR) is 122 cm³/mol. The van der Waals surface area contributed by atoms with Crippen molar-refractivity contribution in [1.82, 2.24) is 0 Å². The van der Waals surface area contributed by atoms with Crippen LogP contribution in [0.2, 0.25) is 0 Å². The van der Waals surface area contributed by atoms with E-state index in [0.717, 1.165) is 41.9 Å². The number of benzene rings is 2. The van der Waals surface area contributed by atoms with Crippen molar-refractivity contribution >= 4 is 38.8 Å². The zero-order valence-corrected chi connectivity index (χ0v) is 18.6. The molecule has 2 aromatic carbocycles. The lowest BCUT2D eigenvalue weighted by atomic mass is 9.88. The Morgan fingerprint density at radius 1 is 0.964 bits per heavy atom. The Balaban J connectivity index is 1.65. The maximum atomic E-state index is 12.4. The fourth-order valence-electron chi connectivity index (χ4n) is 3.68. The molecule has 5 heteroatoms. The topological polar surface area (TPSA) is 49.6 Å². The van der Waals surface area contributed by atoms with Crippen molar-refractivity contribution in [2.45, 2.75) is 33.6 Å². The van der Waals surface area contributed by atoms with Crippen molar-refractivity contribution in [2.75, 3.05) is 41.7 Å². The molecule has 150 valence electrons. The number of rotatable bonds is 5. The van der Waals surface area contributed by atoms with Gasteiger partial charge in [-0.2, -0.15) is 0 Å². The number of nitrogens with zero attached hydrogens (tertiary/aromatic N) is 2. The molecule has 0 saturated carbocycles. The van der Waals surface area contributed by atoms with E-state index in [1.807, 2.05) is 6.07 Å². The number of ketones is 1. The minimum Gasteiger partial charge on any atom is -0.398 e. The van der Waals surface area contributed by atoms with E-state index in [-0.39, 0.29) is 11.2 Å². The lowest BCUT2D eigenvalue weighted by Crippen LogP contribution is -2.46. The molecule has 0 unspecified atom stereocenters. The Morgan fingerprint density at radius 3 is 2.07 bits per heavy atom.